The summed E-state index contributed by atoms with van der Waals surface area (Å²) in [4.78, 5) is 0. The first-order valence-electron chi connectivity index (χ1n) is 8.90. The number of aromatic hydroxyl groups is 2. The predicted molar refractivity (Wildman–Crippen MR) is 101 cm³/mol. The molecule has 0 radical (unpaired) electrons. The largest absolute Gasteiger partial charge is 0.504 e. The van der Waals surface area contributed by atoms with Gasteiger partial charge in [0.1, 0.15) is 0 Å². The van der Waals surface area contributed by atoms with Crippen LogP contribution in [0.15, 0.2) is 30.3 Å². The Bertz CT molecular complexity index is 778. The fourth-order valence-electron chi connectivity index (χ4n) is 3.66. The van der Waals surface area contributed by atoms with Crippen molar-refractivity contribution in [1.82, 2.24) is 0 Å². The Kier molecular flexibility index (Phi) is 5.65. The second-order valence-corrected chi connectivity index (χ2v) is 6.86. The summed E-state index contributed by atoms with van der Waals surface area (Å²) in [5.41, 5.74) is 2.01. The van der Waals surface area contributed by atoms with Gasteiger partial charge in [0, 0.05) is 0 Å². The minimum Gasteiger partial charge on any atom is -0.504 e. The fourth-order valence-corrected chi connectivity index (χ4v) is 3.66. The standard InChI is InChI=1S/C21H26O6/c1-12-15(7-13-8-18(25-3)20(23)19(9-13)26-4)11-27-21(12)14-5-6-16(22)17(10-14)24-2/h5-6,8-10,12,15,21-23H,7,11H2,1-4H3/t12-,15+,21-/m1/s1. The minimum atomic E-state index is -0.0644. The van der Waals surface area contributed by atoms with E-state index >= 15 is 0 Å². The van der Waals surface area contributed by atoms with Crippen molar-refractivity contribution in [3.63, 3.8) is 0 Å². The van der Waals surface area contributed by atoms with Gasteiger partial charge in [-0.1, -0.05) is 13.0 Å². The third-order valence-electron chi connectivity index (χ3n) is 5.28. The monoisotopic (exact) mass is 374 g/mol. The normalized spacial score (nSPS) is 21.9. The maximum atomic E-state index is 10.1. The van der Waals surface area contributed by atoms with Gasteiger partial charge in [-0.25, -0.2) is 0 Å². The van der Waals surface area contributed by atoms with Gasteiger partial charge in [0.15, 0.2) is 23.0 Å². The molecule has 0 saturated carbocycles. The molecule has 3 rings (SSSR count). The third kappa shape index (κ3) is 3.76. The van der Waals surface area contributed by atoms with Gasteiger partial charge in [0.25, 0.3) is 0 Å². The molecule has 6 heteroatoms. The molecule has 2 aromatic carbocycles. The van der Waals surface area contributed by atoms with Crippen LogP contribution in [0, 0.1) is 11.8 Å². The molecule has 0 aromatic heterocycles. The summed E-state index contributed by atoms with van der Waals surface area (Å²) in [5, 5.41) is 19.9. The van der Waals surface area contributed by atoms with E-state index in [1.807, 2.05) is 24.3 Å². The highest BCUT2D eigenvalue weighted by atomic mass is 16.5. The van der Waals surface area contributed by atoms with E-state index < -0.39 is 0 Å². The summed E-state index contributed by atoms with van der Waals surface area (Å²) in [7, 11) is 4.58. The maximum Gasteiger partial charge on any atom is 0.200 e. The molecule has 1 aliphatic heterocycles. The summed E-state index contributed by atoms with van der Waals surface area (Å²) in [6.07, 6.45) is 0.713. The van der Waals surface area contributed by atoms with Crippen LogP contribution in [0.5, 0.6) is 28.7 Å². The summed E-state index contributed by atoms with van der Waals surface area (Å²) < 4.78 is 21.8. The molecule has 0 spiro atoms. The van der Waals surface area contributed by atoms with Gasteiger partial charge >= 0.3 is 0 Å². The first kappa shape index (κ1) is 19.2. The molecular formula is C21H26O6. The van der Waals surface area contributed by atoms with Crippen molar-refractivity contribution in [2.75, 3.05) is 27.9 Å². The lowest BCUT2D eigenvalue weighted by atomic mass is 9.85. The summed E-state index contributed by atoms with van der Waals surface area (Å²) in [6, 6.07) is 9.00. The van der Waals surface area contributed by atoms with Crippen molar-refractivity contribution in [2.24, 2.45) is 11.8 Å². The van der Waals surface area contributed by atoms with Crippen molar-refractivity contribution in [1.29, 1.82) is 0 Å². The average Bonchev–Trinajstić information content (AvgIpc) is 3.03. The average molecular weight is 374 g/mol. The minimum absolute atomic E-state index is 0.00790. The van der Waals surface area contributed by atoms with E-state index in [1.54, 1.807) is 6.07 Å². The zero-order chi connectivity index (χ0) is 19.6. The molecule has 1 saturated heterocycles. The van der Waals surface area contributed by atoms with E-state index in [0.29, 0.717) is 29.8 Å². The van der Waals surface area contributed by atoms with Crippen LogP contribution in [0.1, 0.15) is 24.2 Å². The summed E-state index contributed by atoms with van der Waals surface area (Å²) >= 11 is 0. The lowest BCUT2D eigenvalue weighted by molar-refractivity contribution is 0.0932. The molecular weight excluding hydrogens is 348 g/mol. The molecule has 2 N–H and O–H groups in total. The number of methoxy groups -OCH3 is 3. The summed E-state index contributed by atoms with van der Waals surface area (Å²) in [6.45, 7) is 2.79. The van der Waals surface area contributed by atoms with Gasteiger partial charge in [-0.05, 0) is 53.6 Å². The molecule has 0 bridgehead atoms. The van der Waals surface area contributed by atoms with Crippen molar-refractivity contribution < 1.29 is 29.2 Å². The Labute approximate surface area is 159 Å². The van der Waals surface area contributed by atoms with Crippen LogP contribution in [0.25, 0.3) is 0 Å². The molecule has 2 aromatic rings. The number of phenols is 2. The molecule has 0 aliphatic carbocycles. The first-order valence-corrected chi connectivity index (χ1v) is 8.90. The molecule has 0 unspecified atom stereocenters. The highest BCUT2D eigenvalue weighted by Gasteiger charge is 2.35. The predicted octanol–water partition coefficient (Wildman–Crippen LogP) is 3.69. The zero-order valence-electron chi connectivity index (χ0n) is 16.1. The second-order valence-electron chi connectivity index (χ2n) is 6.86. The zero-order valence-corrected chi connectivity index (χ0v) is 16.1. The third-order valence-corrected chi connectivity index (χ3v) is 5.28. The SMILES string of the molecule is COc1cc([C@@H]2OC[C@H](Cc3cc(OC)c(O)c(OC)c3)[C@H]2C)ccc1O. The Morgan fingerprint density at radius 3 is 2.19 bits per heavy atom. The molecule has 27 heavy (non-hydrogen) atoms. The summed E-state index contributed by atoms with van der Waals surface area (Å²) in [5.74, 6) is 1.94. The van der Waals surface area contributed by atoms with Crippen LogP contribution in [-0.2, 0) is 11.2 Å². The number of hydrogen-bond donors (Lipinski definition) is 2. The van der Waals surface area contributed by atoms with Gasteiger partial charge in [-0.15, -0.1) is 0 Å². The first-order chi connectivity index (χ1) is 13.0. The second kappa shape index (κ2) is 7.96. The smallest absolute Gasteiger partial charge is 0.200 e. The molecule has 1 aliphatic rings. The molecule has 6 nitrogen and oxygen atoms in total. The lowest BCUT2D eigenvalue weighted by Crippen LogP contribution is -2.14. The van der Waals surface area contributed by atoms with Crippen molar-refractivity contribution in [3.05, 3.63) is 41.5 Å². The molecule has 1 fully saturated rings. The van der Waals surface area contributed by atoms with Crippen LogP contribution >= 0.6 is 0 Å². The Morgan fingerprint density at radius 2 is 1.59 bits per heavy atom. The van der Waals surface area contributed by atoms with Gasteiger partial charge in [-0.3, -0.25) is 0 Å². The van der Waals surface area contributed by atoms with Crippen LogP contribution in [0.3, 0.4) is 0 Å². The molecule has 1 heterocycles. The highest BCUT2D eigenvalue weighted by molar-refractivity contribution is 5.53. The van der Waals surface area contributed by atoms with E-state index in [1.165, 1.54) is 21.3 Å². The lowest BCUT2D eigenvalue weighted by Gasteiger charge is -2.20. The van der Waals surface area contributed by atoms with Gasteiger partial charge in [-0.2, -0.15) is 0 Å². The van der Waals surface area contributed by atoms with E-state index in [9.17, 15) is 10.2 Å². The van der Waals surface area contributed by atoms with Gasteiger partial charge < -0.3 is 29.2 Å². The fraction of sp³-hybridized carbons (Fsp3) is 0.429. The number of benzene rings is 2. The quantitative estimate of drug-likeness (QED) is 0.803. The Morgan fingerprint density at radius 1 is 0.963 bits per heavy atom. The number of hydrogen-bond acceptors (Lipinski definition) is 6. The van der Waals surface area contributed by atoms with E-state index in [0.717, 1.165) is 17.5 Å². The van der Waals surface area contributed by atoms with Crippen LogP contribution in [-0.4, -0.2) is 38.1 Å². The molecule has 3 atom stereocenters. The Balaban J connectivity index is 1.79. The van der Waals surface area contributed by atoms with Gasteiger partial charge in [0.05, 0.1) is 34.0 Å². The van der Waals surface area contributed by atoms with Gasteiger partial charge in [0.2, 0.25) is 5.75 Å². The Hall–Kier alpha value is -2.60. The van der Waals surface area contributed by atoms with Crippen molar-refractivity contribution >= 4 is 0 Å². The topological polar surface area (TPSA) is 77.4 Å². The van der Waals surface area contributed by atoms with E-state index in [-0.39, 0.29) is 23.5 Å². The van der Waals surface area contributed by atoms with E-state index in [4.69, 9.17) is 18.9 Å². The number of rotatable bonds is 6. The van der Waals surface area contributed by atoms with Crippen LogP contribution in [0.4, 0.5) is 0 Å². The van der Waals surface area contributed by atoms with Crippen LogP contribution < -0.4 is 14.2 Å². The number of phenolic OH excluding ortho intramolecular Hbond substituents is 2. The maximum absolute atomic E-state index is 10.1. The van der Waals surface area contributed by atoms with Crippen molar-refractivity contribution in [2.45, 2.75) is 19.4 Å². The number of ether oxygens (including phenoxy) is 4. The highest BCUT2D eigenvalue weighted by Crippen LogP contribution is 2.43. The van der Waals surface area contributed by atoms with Crippen LogP contribution in [0.2, 0.25) is 0 Å². The van der Waals surface area contributed by atoms with Crippen molar-refractivity contribution in [3.8, 4) is 28.7 Å². The molecule has 0 amide bonds. The molecule has 146 valence electrons. The van der Waals surface area contributed by atoms with E-state index in [2.05, 4.69) is 6.92 Å².